The second-order valence-corrected chi connectivity index (χ2v) is 2.04. The lowest BCUT2D eigenvalue weighted by Gasteiger charge is -1.95. The van der Waals surface area contributed by atoms with Crippen LogP contribution < -0.4 is 0 Å². The summed E-state index contributed by atoms with van der Waals surface area (Å²) in [5.41, 5.74) is 0. The molecule has 0 aromatic carbocycles. The summed E-state index contributed by atoms with van der Waals surface area (Å²) in [6, 6.07) is 0. The zero-order chi connectivity index (χ0) is 8.20. The largest absolute Gasteiger partial charge is 0.409 e. The maximum absolute atomic E-state index is 11.3. The predicted molar refractivity (Wildman–Crippen MR) is 33.8 cm³/mol. The Balaban J connectivity index is 3.67. The quantitative estimate of drug-likeness (QED) is 0.495. The Kier molecular flexibility index (Phi) is 3.49. The molecule has 0 aliphatic rings. The second kappa shape index (κ2) is 3.65. The van der Waals surface area contributed by atoms with Gasteiger partial charge in [-0.25, -0.2) is 0 Å². The van der Waals surface area contributed by atoms with Gasteiger partial charge in [-0.1, -0.05) is 6.08 Å². The Morgan fingerprint density at radius 1 is 1.50 bits per heavy atom. The van der Waals surface area contributed by atoms with Crippen LogP contribution in [0.4, 0.5) is 13.2 Å². The van der Waals surface area contributed by atoms with Crippen LogP contribution >= 0.6 is 12.6 Å². The van der Waals surface area contributed by atoms with Crippen LogP contribution in [-0.4, -0.2) is 11.3 Å². The van der Waals surface area contributed by atoms with E-state index in [4.69, 9.17) is 0 Å². The van der Waals surface area contributed by atoms with Crippen molar-refractivity contribution in [2.75, 3.05) is 0 Å². The molecule has 0 atom stereocenters. The predicted octanol–water partition coefficient (Wildman–Crippen LogP) is 1.95. The molecule has 58 valence electrons. The fourth-order valence-electron chi connectivity index (χ4n) is 0.293. The molecule has 0 unspecified atom stereocenters. The van der Waals surface area contributed by atoms with E-state index < -0.39 is 11.3 Å². The van der Waals surface area contributed by atoms with Crippen molar-refractivity contribution in [3.8, 4) is 0 Å². The molecule has 1 nitrogen and oxygen atoms in total. The number of thiol groups is 1. The molecule has 0 aliphatic carbocycles. The van der Waals surface area contributed by atoms with Crippen molar-refractivity contribution in [1.82, 2.24) is 0 Å². The summed E-state index contributed by atoms with van der Waals surface area (Å²) >= 11 is 3.27. The monoisotopic (exact) mass is 170 g/mol. The molecule has 0 heterocycles. The summed E-state index contributed by atoms with van der Waals surface area (Å²) in [5, 5.41) is -0.583. The molecule has 0 aliphatic heterocycles. The maximum atomic E-state index is 11.3. The van der Waals surface area contributed by atoms with Crippen LogP contribution in [0, 0.1) is 0 Å². The smallest absolute Gasteiger partial charge is 0.287 e. The van der Waals surface area contributed by atoms with Gasteiger partial charge in [0.2, 0.25) is 0 Å². The summed E-state index contributed by atoms with van der Waals surface area (Å²) in [6.45, 7) is 0. The summed E-state index contributed by atoms with van der Waals surface area (Å²) in [4.78, 5) is 9.98. The van der Waals surface area contributed by atoms with Gasteiger partial charge in [0.05, 0.1) is 0 Å². The zero-order valence-electron chi connectivity index (χ0n) is 4.85. The van der Waals surface area contributed by atoms with Crippen LogP contribution in [0.5, 0.6) is 0 Å². The van der Waals surface area contributed by atoms with Crippen molar-refractivity contribution in [3.63, 3.8) is 0 Å². The van der Waals surface area contributed by atoms with E-state index in [-0.39, 0.29) is 12.5 Å². The van der Waals surface area contributed by atoms with Crippen LogP contribution in [0.15, 0.2) is 12.2 Å². The standard InChI is InChI=1S/C5H5F3OS/c6-5(7,8)3-1-2-4(9)10/h1,3H,2H2,(H,9,10). The molecule has 0 spiro atoms. The van der Waals surface area contributed by atoms with Crippen LogP contribution in [0.3, 0.4) is 0 Å². The number of alkyl halides is 3. The van der Waals surface area contributed by atoms with Gasteiger partial charge < -0.3 is 0 Å². The number of rotatable bonds is 2. The Labute approximate surface area is 61.3 Å². The van der Waals surface area contributed by atoms with E-state index in [1.54, 1.807) is 0 Å². The van der Waals surface area contributed by atoms with Crippen molar-refractivity contribution in [2.24, 2.45) is 0 Å². The molecular formula is C5H5F3OS. The minimum atomic E-state index is -4.33. The lowest BCUT2D eigenvalue weighted by Crippen LogP contribution is -2.00. The molecule has 0 bridgehead atoms. The molecule has 10 heavy (non-hydrogen) atoms. The van der Waals surface area contributed by atoms with E-state index in [1.807, 2.05) is 0 Å². The van der Waals surface area contributed by atoms with Crippen molar-refractivity contribution in [3.05, 3.63) is 12.2 Å². The first kappa shape index (κ1) is 9.55. The van der Waals surface area contributed by atoms with E-state index in [0.29, 0.717) is 0 Å². The highest BCUT2D eigenvalue weighted by molar-refractivity contribution is 7.96. The molecule has 0 saturated heterocycles. The molecule has 0 saturated carbocycles. The molecule has 0 amide bonds. The van der Waals surface area contributed by atoms with Crippen molar-refractivity contribution >= 4 is 17.7 Å². The molecule has 0 rings (SSSR count). The van der Waals surface area contributed by atoms with Gasteiger partial charge in [0, 0.05) is 12.5 Å². The van der Waals surface area contributed by atoms with Crippen LogP contribution in [0.25, 0.3) is 0 Å². The molecule has 0 aromatic rings. The summed E-state index contributed by atoms with van der Waals surface area (Å²) < 4.78 is 33.8. The first-order chi connectivity index (χ1) is 4.42. The van der Waals surface area contributed by atoms with E-state index in [9.17, 15) is 18.0 Å². The van der Waals surface area contributed by atoms with Gasteiger partial charge in [0.1, 0.15) is 0 Å². The SMILES string of the molecule is O=C(S)CC=CC(F)(F)F. The maximum Gasteiger partial charge on any atom is 0.409 e. The Bertz CT molecular complexity index is 149. The van der Waals surface area contributed by atoms with Gasteiger partial charge in [-0.15, -0.1) is 12.6 Å². The van der Waals surface area contributed by atoms with Crippen LogP contribution in [0.2, 0.25) is 0 Å². The molecule has 0 aromatic heterocycles. The Hall–Kier alpha value is -0.450. The highest BCUT2D eigenvalue weighted by Gasteiger charge is 2.21. The Morgan fingerprint density at radius 2 is 2.00 bits per heavy atom. The number of hydrogen-bond acceptors (Lipinski definition) is 1. The third-order valence-electron chi connectivity index (χ3n) is 0.599. The summed E-state index contributed by atoms with van der Waals surface area (Å²) in [7, 11) is 0. The summed E-state index contributed by atoms with van der Waals surface area (Å²) in [6.07, 6.45) is -3.87. The number of allylic oxidation sites excluding steroid dienone is 2. The van der Waals surface area contributed by atoms with Crippen molar-refractivity contribution < 1.29 is 18.0 Å². The fourth-order valence-corrected chi connectivity index (χ4v) is 0.399. The third kappa shape index (κ3) is 7.55. The highest BCUT2D eigenvalue weighted by Crippen LogP contribution is 2.16. The minimum absolute atomic E-state index is 0.0150. The van der Waals surface area contributed by atoms with E-state index in [1.165, 1.54) is 0 Å². The average molecular weight is 170 g/mol. The summed E-state index contributed by atoms with van der Waals surface area (Å²) in [5.74, 6) is 0. The van der Waals surface area contributed by atoms with Crippen molar-refractivity contribution in [1.29, 1.82) is 0 Å². The number of carbonyl (C=O) groups is 1. The number of carbonyl (C=O) groups excluding carboxylic acids is 1. The molecular weight excluding hydrogens is 165 g/mol. The molecule has 5 heteroatoms. The van der Waals surface area contributed by atoms with Gasteiger partial charge in [0.15, 0.2) is 5.12 Å². The molecule has 0 N–H and O–H groups in total. The van der Waals surface area contributed by atoms with E-state index in [0.717, 1.165) is 6.08 Å². The molecule has 0 fully saturated rings. The number of hydrogen-bond donors (Lipinski definition) is 1. The molecule has 0 radical (unpaired) electrons. The number of halogens is 3. The first-order valence-electron chi connectivity index (χ1n) is 2.38. The first-order valence-corrected chi connectivity index (χ1v) is 2.83. The van der Waals surface area contributed by atoms with Gasteiger partial charge in [-0.05, 0) is 0 Å². The van der Waals surface area contributed by atoms with Gasteiger partial charge in [-0.2, -0.15) is 13.2 Å². The van der Waals surface area contributed by atoms with Crippen LogP contribution in [-0.2, 0) is 4.79 Å². The minimum Gasteiger partial charge on any atom is -0.287 e. The highest BCUT2D eigenvalue weighted by atomic mass is 32.1. The van der Waals surface area contributed by atoms with Gasteiger partial charge >= 0.3 is 6.18 Å². The van der Waals surface area contributed by atoms with Crippen LogP contribution in [0.1, 0.15) is 6.42 Å². The van der Waals surface area contributed by atoms with E-state index in [2.05, 4.69) is 12.6 Å². The van der Waals surface area contributed by atoms with E-state index >= 15 is 0 Å². The zero-order valence-corrected chi connectivity index (χ0v) is 5.75. The van der Waals surface area contributed by atoms with Gasteiger partial charge in [0.25, 0.3) is 0 Å². The van der Waals surface area contributed by atoms with Gasteiger partial charge in [-0.3, -0.25) is 4.79 Å². The fraction of sp³-hybridized carbons (Fsp3) is 0.400. The topological polar surface area (TPSA) is 17.1 Å². The average Bonchev–Trinajstić information content (AvgIpc) is 1.59. The van der Waals surface area contributed by atoms with Crippen molar-refractivity contribution in [2.45, 2.75) is 12.6 Å². The Morgan fingerprint density at radius 3 is 2.30 bits per heavy atom. The lowest BCUT2D eigenvalue weighted by atomic mass is 10.4. The third-order valence-corrected chi connectivity index (χ3v) is 0.782. The normalized spacial score (nSPS) is 12.4. The lowest BCUT2D eigenvalue weighted by molar-refractivity contribution is -0.110. The second-order valence-electron chi connectivity index (χ2n) is 1.54.